The molecule has 1 aromatic carbocycles. The molecule has 1 atom stereocenters. The lowest BCUT2D eigenvalue weighted by Gasteiger charge is -2.34. The lowest BCUT2D eigenvalue weighted by atomic mass is 10.00. The van der Waals surface area contributed by atoms with Crippen molar-refractivity contribution in [3.63, 3.8) is 0 Å². The molecule has 0 bridgehead atoms. The van der Waals surface area contributed by atoms with E-state index >= 15 is 0 Å². The van der Waals surface area contributed by atoms with Crippen LogP contribution in [-0.4, -0.2) is 36.5 Å². The fourth-order valence-corrected chi connectivity index (χ4v) is 2.96. The normalized spacial score (nSPS) is 19.8. The van der Waals surface area contributed by atoms with Crippen LogP contribution in [0.1, 0.15) is 38.2 Å². The summed E-state index contributed by atoms with van der Waals surface area (Å²) in [5.41, 5.74) is 1.28. The first-order valence-electron chi connectivity index (χ1n) is 7.84. The Bertz CT molecular complexity index is 405. The maximum absolute atomic E-state index is 12.0. The van der Waals surface area contributed by atoms with Crippen LogP contribution in [0.25, 0.3) is 0 Å². The number of nitrogens with one attached hydrogen (secondary N) is 1. The van der Waals surface area contributed by atoms with E-state index in [0.29, 0.717) is 12.6 Å². The lowest BCUT2D eigenvalue weighted by Crippen LogP contribution is -2.45. The molecule has 1 unspecified atom stereocenters. The highest BCUT2D eigenvalue weighted by molar-refractivity contribution is 5.78. The third-order valence-corrected chi connectivity index (χ3v) is 4.15. The zero-order valence-corrected chi connectivity index (χ0v) is 12.5. The molecule has 1 aliphatic heterocycles. The number of hydrogen-bond donors (Lipinski definition) is 1. The Morgan fingerprint density at radius 2 is 2.10 bits per heavy atom. The average molecular weight is 274 g/mol. The zero-order valence-electron chi connectivity index (χ0n) is 12.5. The summed E-state index contributed by atoms with van der Waals surface area (Å²) in [5.74, 6) is 0.168. The molecule has 0 spiro atoms. The minimum atomic E-state index is 0.168. The molecule has 3 heteroatoms. The summed E-state index contributed by atoms with van der Waals surface area (Å²) in [4.78, 5) is 14.4. The molecule has 20 heavy (non-hydrogen) atoms. The summed E-state index contributed by atoms with van der Waals surface area (Å²) in [7, 11) is 0. The maximum Gasteiger partial charge on any atom is 0.234 e. The van der Waals surface area contributed by atoms with E-state index in [9.17, 15) is 4.79 Å². The van der Waals surface area contributed by atoms with Gasteiger partial charge in [0, 0.05) is 12.6 Å². The Labute approximate surface area is 122 Å². The van der Waals surface area contributed by atoms with Crippen molar-refractivity contribution in [1.29, 1.82) is 0 Å². The lowest BCUT2D eigenvalue weighted by molar-refractivity contribution is -0.123. The van der Waals surface area contributed by atoms with Crippen molar-refractivity contribution in [3.05, 3.63) is 35.9 Å². The van der Waals surface area contributed by atoms with Crippen LogP contribution in [0.5, 0.6) is 0 Å². The SMILES string of the molecule is CCC1CCCCN1CC(=O)NCCc1ccccc1. The Kier molecular flexibility index (Phi) is 6.06. The van der Waals surface area contributed by atoms with E-state index in [-0.39, 0.29) is 5.91 Å². The monoisotopic (exact) mass is 274 g/mol. The fraction of sp³-hybridized carbons (Fsp3) is 0.588. The van der Waals surface area contributed by atoms with Crippen molar-refractivity contribution in [3.8, 4) is 0 Å². The quantitative estimate of drug-likeness (QED) is 0.865. The molecule has 1 N–H and O–H groups in total. The van der Waals surface area contributed by atoms with Gasteiger partial charge in [-0.3, -0.25) is 9.69 Å². The molecule has 1 amide bonds. The topological polar surface area (TPSA) is 32.3 Å². The Balaban J connectivity index is 1.69. The smallest absolute Gasteiger partial charge is 0.234 e. The van der Waals surface area contributed by atoms with Crippen LogP contribution in [0.3, 0.4) is 0 Å². The maximum atomic E-state index is 12.0. The summed E-state index contributed by atoms with van der Waals surface area (Å²) in [6.07, 6.45) is 5.84. The first-order chi connectivity index (χ1) is 9.79. The third-order valence-electron chi connectivity index (χ3n) is 4.15. The minimum absolute atomic E-state index is 0.168. The van der Waals surface area contributed by atoms with Crippen LogP contribution in [-0.2, 0) is 11.2 Å². The van der Waals surface area contributed by atoms with Crippen LogP contribution in [0, 0.1) is 0 Å². The zero-order chi connectivity index (χ0) is 14.2. The predicted molar refractivity (Wildman–Crippen MR) is 82.7 cm³/mol. The van der Waals surface area contributed by atoms with Gasteiger partial charge in [-0.1, -0.05) is 43.7 Å². The molecular formula is C17H26N2O. The van der Waals surface area contributed by atoms with Crippen molar-refractivity contribution in [1.82, 2.24) is 10.2 Å². The predicted octanol–water partition coefficient (Wildman–Crippen LogP) is 2.61. The Morgan fingerprint density at radius 1 is 1.30 bits per heavy atom. The molecule has 110 valence electrons. The van der Waals surface area contributed by atoms with Gasteiger partial charge in [0.1, 0.15) is 0 Å². The van der Waals surface area contributed by atoms with Gasteiger partial charge in [0.2, 0.25) is 5.91 Å². The standard InChI is InChI=1S/C17H26N2O/c1-2-16-10-6-7-13-19(16)14-17(20)18-12-11-15-8-4-3-5-9-15/h3-5,8-9,16H,2,6-7,10-14H2,1H3,(H,18,20). The van der Waals surface area contributed by atoms with Crippen molar-refractivity contribution in [2.75, 3.05) is 19.6 Å². The fourth-order valence-electron chi connectivity index (χ4n) is 2.96. The number of nitrogens with zero attached hydrogens (tertiary/aromatic N) is 1. The molecule has 0 aliphatic carbocycles. The number of hydrogen-bond acceptors (Lipinski definition) is 2. The van der Waals surface area contributed by atoms with Crippen LogP contribution < -0.4 is 5.32 Å². The summed E-state index contributed by atoms with van der Waals surface area (Å²) >= 11 is 0. The van der Waals surface area contributed by atoms with E-state index in [1.807, 2.05) is 18.2 Å². The van der Waals surface area contributed by atoms with Crippen molar-refractivity contribution < 1.29 is 4.79 Å². The highest BCUT2D eigenvalue weighted by Gasteiger charge is 2.22. The third kappa shape index (κ3) is 4.64. The highest BCUT2D eigenvalue weighted by atomic mass is 16.2. The van der Waals surface area contributed by atoms with Gasteiger partial charge >= 0.3 is 0 Å². The molecule has 0 aromatic heterocycles. The molecule has 3 nitrogen and oxygen atoms in total. The second-order valence-corrected chi connectivity index (χ2v) is 5.61. The Morgan fingerprint density at radius 3 is 2.85 bits per heavy atom. The summed E-state index contributed by atoms with van der Waals surface area (Å²) in [6.45, 7) is 4.59. The highest BCUT2D eigenvalue weighted by Crippen LogP contribution is 2.18. The van der Waals surface area contributed by atoms with Gasteiger partial charge in [0.15, 0.2) is 0 Å². The van der Waals surface area contributed by atoms with Gasteiger partial charge in [-0.15, -0.1) is 0 Å². The average Bonchev–Trinajstić information content (AvgIpc) is 2.49. The van der Waals surface area contributed by atoms with Gasteiger partial charge in [-0.2, -0.15) is 0 Å². The van der Waals surface area contributed by atoms with E-state index in [1.54, 1.807) is 0 Å². The second-order valence-electron chi connectivity index (χ2n) is 5.61. The van der Waals surface area contributed by atoms with Crippen molar-refractivity contribution in [2.24, 2.45) is 0 Å². The van der Waals surface area contributed by atoms with Gasteiger partial charge in [-0.05, 0) is 37.8 Å². The largest absolute Gasteiger partial charge is 0.355 e. The number of piperidine rings is 1. The first-order valence-corrected chi connectivity index (χ1v) is 7.84. The number of amides is 1. The number of benzene rings is 1. The molecule has 0 saturated carbocycles. The van der Waals surface area contributed by atoms with Crippen LogP contribution in [0.4, 0.5) is 0 Å². The van der Waals surface area contributed by atoms with Gasteiger partial charge in [-0.25, -0.2) is 0 Å². The number of carbonyl (C=O) groups excluding carboxylic acids is 1. The molecule has 1 fully saturated rings. The van der Waals surface area contributed by atoms with Crippen molar-refractivity contribution >= 4 is 5.91 Å². The summed E-state index contributed by atoms with van der Waals surface area (Å²) in [5, 5.41) is 3.04. The number of likely N-dealkylation sites (tertiary alicyclic amines) is 1. The summed E-state index contributed by atoms with van der Waals surface area (Å²) in [6, 6.07) is 10.9. The Hall–Kier alpha value is -1.35. The first kappa shape index (κ1) is 15.0. The van der Waals surface area contributed by atoms with E-state index in [2.05, 4.69) is 29.3 Å². The van der Waals surface area contributed by atoms with Crippen LogP contribution in [0.2, 0.25) is 0 Å². The second kappa shape index (κ2) is 8.05. The molecule has 2 rings (SSSR count). The van der Waals surface area contributed by atoms with E-state index in [1.165, 1.54) is 24.8 Å². The van der Waals surface area contributed by atoms with E-state index < -0.39 is 0 Å². The van der Waals surface area contributed by atoms with Gasteiger partial charge in [0.05, 0.1) is 6.54 Å². The van der Waals surface area contributed by atoms with Crippen LogP contribution in [0.15, 0.2) is 30.3 Å². The molecule has 0 radical (unpaired) electrons. The van der Waals surface area contributed by atoms with E-state index in [4.69, 9.17) is 0 Å². The molecule has 1 saturated heterocycles. The van der Waals surface area contributed by atoms with Gasteiger partial charge in [0.25, 0.3) is 0 Å². The van der Waals surface area contributed by atoms with Crippen LogP contribution >= 0.6 is 0 Å². The van der Waals surface area contributed by atoms with Crippen molar-refractivity contribution in [2.45, 2.75) is 45.1 Å². The number of carbonyl (C=O) groups is 1. The minimum Gasteiger partial charge on any atom is -0.355 e. The molecule has 1 aromatic rings. The molecule has 1 aliphatic rings. The van der Waals surface area contributed by atoms with Gasteiger partial charge < -0.3 is 5.32 Å². The summed E-state index contributed by atoms with van der Waals surface area (Å²) < 4.78 is 0. The number of rotatable bonds is 6. The molecular weight excluding hydrogens is 248 g/mol. The molecule has 1 heterocycles. The van der Waals surface area contributed by atoms with E-state index in [0.717, 1.165) is 25.9 Å².